The van der Waals surface area contributed by atoms with E-state index in [1.165, 1.54) is 12.3 Å². The molecule has 7 nitrogen and oxygen atoms in total. The van der Waals surface area contributed by atoms with Crippen molar-refractivity contribution in [2.45, 2.75) is 13.0 Å². The zero-order chi connectivity index (χ0) is 20.8. The lowest BCUT2D eigenvalue weighted by Gasteiger charge is -2.35. The number of aromatic nitrogens is 2. The Morgan fingerprint density at radius 2 is 1.87 bits per heavy atom. The van der Waals surface area contributed by atoms with Crippen molar-refractivity contribution < 1.29 is 13.6 Å². The van der Waals surface area contributed by atoms with Gasteiger partial charge in [0, 0.05) is 45.1 Å². The quantitative estimate of drug-likeness (QED) is 0.646. The predicted octanol–water partition coefficient (Wildman–Crippen LogP) is 2.50. The van der Waals surface area contributed by atoms with E-state index in [9.17, 15) is 9.18 Å². The molecule has 156 valence electrons. The Kier molecular flexibility index (Phi) is 6.34. The van der Waals surface area contributed by atoms with Crippen LogP contribution in [0.2, 0.25) is 0 Å². The first-order chi connectivity index (χ1) is 14.7. The lowest BCUT2D eigenvalue weighted by atomic mass is 10.2. The van der Waals surface area contributed by atoms with Crippen molar-refractivity contribution in [3.8, 4) is 0 Å². The third kappa shape index (κ3) is 5.01. The summed E-state index contributed by atoms with van der Waals surface area (Å²) in [5, 5.41) is 2.86. The molecule has 1 N–H and O–H groups in total. The minimum absolute atomic E-state index is 0.196. The molecular formula is C22H24FN5O2. The molecule has 1 fully saturated rings. The first-order valence-corrected chi connectivity index (χ1v) is 10.0. The molecule has 0 spiro atoms. The van der Waals surface area contributed by atoms with Crippen molar-refractivity contribution in [1.29, 1.82) is 0 Å². The van der Waals surface area contributed by atoms with Crippen LogP contribution >= 0.6 is 0 Å². The lowest BCUT2D eigenvalue weighted by Crippen LogP contribution is -2.46. The fourth-order valence-electron chi connectivity index (χ4n) is 3.49. The number of hydrogen-bond donors (Lipinski definition) is 1. The molecule has 3 heterocycles. The van der Waals surface area contributed by atoms with Crippen LogP contribution in [0.5, 0.6) is 0 Å². The number of anilines is 1. The Bertz CT molecular complexity index is 970. The summed E-state index contributed by atoms with van der Waals surface area (Å²) in [5.41, 5.74) is 2.03. The highest BCUT2D eigenvalue weighted by Crippen LogP contribution is 2.20. The van der Waals surface area contributed by atoms with E-state index in [0.717, 1.165) is 38.2 Å². The zero-order valence-corrected chi connectivity index (χ0v) is 16.6. The second-order valence-corrected chi connectivity index (χ2v) is 7.20. The normalized spacial score (nSPS) is 14.6. The van der Waals surface area contributed by atoms with Crippen LogP contribution in [-0.4, -0.2) is 53.5 Å². The summed E-state index contributed by atoms with van der Waals surface area (Å²) in [5.74, 6) is 0.0651. The van der Waals surface area contributed by atoms with E-state index in [0.29, 0.717) is 24.7 Å². The minimum atomic E-state index is -0.247. The highest BCUT2D eigenvalue weighted by atomic mass is 19.1. The van der Waals surface area contributed by atoms with Crippen molar-refractivity contribution in [2.75, 3.05) is 37.6 Å². The molecule has 2 aromatic heterocycles. The SMILES string of the molecule is O=C(NCCc1ccncc1)c1coc(CN2CCN(c3ccccc3F)CC2)n1. The van der Waals surface area contributed by atoms with Gasteiger partial charge in [0.05, 0.1) is 12.2 Å². The van der Waals surface area contributed by atoms with Gasteiger partial charge in [0.2, 0.25) is 5.89 Å². The van der Waals surface area contributed by atoms with E-state index >= 15 is 0 Å². The molecule has 0 aliphatic carbocycles. The summed E-state index contributed by atoms with van der Waals surface area (Å²) in [7, 11) is 0. The van der Waals surface area contributed by atoms with E-state index in [4.69, 9.17) is 4.42 Å². The third-order valence-electron chi connectivity index (χ3n) is 5.16. The molecule has 4 rings (SSSR count). The first kappa shape index (κ1) is 20.0. The number of benzene rings is 1. The molecule has 0 saturated carbocycles. The fraction of sp³-hybridized carbons (Fsp3) is 0.318. The number of halogens is 1. The first-order valence-electron chi connectivity index (χ1n) is 10.0. The summed E-state index contributed by atoms with van der Waals surface area (Å²) < 4.78 is 19.4. The van der Waals surface area contributed by atoms with Gasteiger partial charge in [-0.2, -0.15) is 0 Å². The van der Waals surface area contributed by atoms with Crippen molar-refractivity contribution in [3.05, 3.63) is 78.0 Å². The van der Waals surface area contributed by atoms with Gasteiger partial charge in [-0.1, -0.05) is 12.1 Å². The van der Waals surface area contributed by atoms with E-state index in [1.807, 2.05) is 23.1 Å². The van der Waals surface area contributed by atoms with Gasteiger partial charge >= 0.3 is 0 Å². The van der Waals surface area contributed by atoms with Crippen molar-refractivity contribution in [1.82, 2.24) is 20.2 Å². The smallest absolute Gasteiger partial charge is 0.273 e. The number of rotatable bonds is 7. The van der Waals surface area contributed by atoms with E-state index < -0.39 is 0 Å². The van der Waals surface area contributed by atoms with Crippen molar-refractivity contribution in [3.63, 3.8) is 0 Å². The molecule has 0 unspecified atom stereocenters. The van der Waals surface area contributed by atoms with Crippen LogP contribution in [0.3, 0.4) is 0 Å². The Hall–Kier alpha value is -3.26. The molecule has 1 amide bonds. The van der Waals surface area contributed by atoms with Crippen LogP contribution in [-0.2, 0) is 13.0 Å². The highest BCUT2D eigenvalue weighted by molar-refractivity contribution is 5.91. The van der Waals surface area contributed by atoms with Crippen LogP contribution in [0.1, 0.15) is 21.9 Å². The third-order valence-corrected chi connectivity index (χ3v) is 5.16. The predicted molar refractivity (Wildman–Crippen MR) is 111 cm³/mol. The van der Waals surface area contributed by atoms with Gasteiger partial charge in [-0.3, -0.25) is 14.7 Å². The summed E-state index contributed by atoms with van der Waals surface area (Å²) in [6.07, 6.45) is 5.59. The number of hydrogen-bond acceptors (Lipinski definition) is 6. The Morgan fingerprint density at radius 1 is 1.10 bits per heavy atom. The summed E-state index contributed by atoms with van der Waals surface area (Å²) in [6, 6.07) is 10.7. The minimum Gasteiger partial charge on any atom is -0.447 e. The highest BCUT2D eigenvalue weighted by Gasteiger charge is 2.21. The molecule has 3 aromatic rings. The van der Waals surface area contributed by atoms with Gasteiger partial charge < -0.3 is 14.6 Å². The van der Waals surface area contributed by atoms with Crippen LogP contribution in [0.4, 0.5) is 10.1 Å². The Labute approximate surface area is 174 Å². The van der Waals surface area contributed by atoms with Crippen LogP contribution < -0.4 is 10.2 Å². The van der Waals surface area contributed by atoms with Crippen LogP contribution in [0.25, 0.3) is 0 Å². The Balaban J connectivity index is 1.24. The topological polar surface area (TPSA) is 74.5 Å². The maximum absolute atomic E-state index is 14.0. The van der Waals surface area contributed by atoms with Gasteiger partial charge in [-0.15, -0.1) is 0 Å². The molecule has 8 heteroatoms. The number of pyridine rings is 1. The number of carbonyl (C=O) groups is 1. The maximum Gasteiger partial charge on any atom is 0.273 e. The van der Waals surface area contributed by atoms with Gasteiger partial charge in [-0.05, 0) is 36.2 Å². The molecule has 1 saturated heterocycles. The van der Waals surface area contributed by atoms with E-state index in [1.54, 1.807) is 24.5 Å². The van der Waals surface area contributed by atoms with Gasteiger partial charge in [0.15, 0.2) is 5.69 Å². The number of para-hydroxylation sites is 1. The average molecular weight is 409 g/mol. The monoisotopic (exact) mass is 409 g/mol. The number of carbonyl (C=O) groups excluding carboxylic acids is 1. The molecular weight excluding hydrogens is 385 g/mol. The number of piperazine rings is 1. The standard InChI is InChI=1S/C22H24FN5O2/c23-18-3-1-2-4-20(18)28-13-11-27(12-14-28)15-21-26-19(16-30-21)22(29)25-10-7-17-5-8-24-9-6-17/h1-6,8-9,16H,7,10-15H2,(H,25,29). The number of nitrogens with one attached hydrogen (secondary N) is 1. The molecule has 0 bridgehead atoms. The second kappa shape index (κ2) is 9.49. The van der Waals surface area contributed by atoms with Gasteiger partial charge in [0.1, 0.15) is 12.1 Å². The molecule has 30 heavy (non-hydrogen) atoms. The summed E-state index contributed by atoms with van der Waals surface area (Å²) >= 11 is 0. The number of amides is 1. The number of nitrogens with zero attached hydrogens (tertiary/aromatic N) is 4. The maximum atomic E-state index is 14.0. The number of oxazole rings is 1. The van der Waals surface area contributed by atoms with Crippen molar-refractivity contribution in [2.24, 2.45) is 0 Å². The summed E-state index contributed by atoms with van der Waals surface area (Å²) in [4.78, 5) is 24.8. The molecule has 0 atom stereocenters. The lowest BCUT2D eigenvalue weighted by molar-refractivity contribution is 0.0949. The second-order valence-electron chi connectivity index (χ2n) is 7.20. The van der Waals surface area contributed by atoms with Gasteiger partial charge in [0.25, 0.3) is 5.91 Å². The zero-order valence-electron chi connectivity index (χ0n) is 16.6. The van der Waals surface area contributed by atoms with E-state index in [2.05, 4.69) is 20.2 Å². The van der Waals surface area contributed by atoms with Crippen LogP contribution in [0, 0.1) is 5.82 Å². The molecule has 0 radical (unpaired) electrons. The van der Waals surface area contributed by atoms with E-state index in [-0.39, 0.29) is 17.4 Å². The van der Waals surface area contributed by atoms with Crippen molar-refractivity contribution >= 4 is 11.6 Å². The largest absolute Gasteiger partial charge is 0.447 e. The summed E-state index contributed by atoms with van der Waals surface area (Å²) in [6.45, 7) is 4.03. The average Bonchev–Trinajstić information content (AvgIpc) is 3.24. The van der Waals surface area contributed by atoms with Crippen LogP contribution in [0.15, 0.2) is 59.5 Å². The molecule has 1 aliphatic heterocycles. The van der Waals surface area contributed by atoms with Gasteiger partial charge in [-0.25, -0.2) is 9.37 Å². The Morgan fingerprint density at radius 3 is 2.63 bits per heavy atom. The fourth-order valence-corrected chi connectivity index (χ4v) is 3.49. The molecule has 1 aromatic carbocycles. The molecule has 1 aliphatic rings.